The van der Waals surface area contributed by atoms with Crippen molar-refractivity contribution in [2.24, 2.45) is 5.92 Å². The zero-order valence-corrected chi connectivity index (χ0v) is 30.5. The van der Waals surface area contributed by atoms with Crippen LogP contribution in [0.25, 0.3) is 10.9 Å². The fourth-order valence-electron chi connectivity index (χ4n) is 6.61. The molecule has 5 rings (SSSR count). The zero-order chi connectivity index (χ0) is 39.6. The van der Waals surface area contributed by atoms with Gasteiger partial charge in [0.25, 0.3) is 15.8 Å². The molecule has 0 saturated heterocycles. The average molecular weight is 796 g/mol. The smallest absolute Gasteiger partial charge is 0.481 e. The molecule has 1 aliphatic rings. The summed E-state index contributed by atoms with van der Waals surface area (Å²) in [5.41, 5.74) is -0.967. The Balaban J connectivity index is 1.68. The number of carboxylic acid groups (broad SMARTS) is 1. The van der Waals surface area contributed by atoms with Crippen LogP contribution in [-0.4, -0.2) is 79.6 Å². The Kier molecular flexibility index (Phi) is 11.6. The van der Waals surface area contributed by atoms with E-state index in [1.54, 1.807) is 31.2 Å². The summed E-state index contributed by atoms with van der Waals surface area (Å²) >= 11 is 0. The molecule has 2 heterocycles. The number of esters is 1. The van der Waals surface area contributed by atoms with Crippen LogP contribution < -0.4 is 0 Å². The minimum atomic E-state index is -5.53. The van der Waals surface area contributed by atoms with Crippen LogP contribution in [0, 0.1) is 23.0 Å². The number of carboxylic acids is 1. The number of sulfonamides is 1. The van der Waals surface area contributed by atoms with E-state index in [2.05, 4.69) is 4.98 Å². The molecule has 0 bridgehead atoms. The van der Waals surface area contributed by atoms with E-state index in [1.165, 1.54) is 31.2 Å². The average Bonchev–Trinajstić information content (AvgIpc) is 3.47. The third kappa shape index (κ3) is 8.75. The van der Waals surface area contributed by atoms with Crippen LogP contribution >= 0.6 is 0 Å². The van der Waals surface area contributed by atoms with Crippen LogP contribution in [0.15, 0.2) is 82.6 Å². The lowest BCUT2D eigenvalue weighted by Crippen LogP contribution is -2.51. The number of benzene rings is 3. The van der Waals surface area contributed by atoms with Crippen molar-refractivity contribution in [3.8, 4) is 0 Å². The number of ether oxygens (including phenoxy) is 1. The number of rotatable bonds is 10. The van der Waals surface area contributed by atoms with Crippen LogP contribution in [0.4, 0.5) is 18.9 Å². The summed E-state index contributed by atoms with van der Waals surface area (Å²) < 4.78 is 108. The molecule has 0 saturated carbocycles. The normalized spacial score (nSPS) is 20.5. The van der Waals surface area contributed by atoms with Crippen molar-refractivity contribution in [1.82, 2.24) is 9.29 Å². The molecule has 0 aliphatic carbocycles. The molecular weight excluding hydrogens is 760 g/mol. The van der Waals surface area contributed by atoms with E-state index in [9.17, 15) is 54.8 Å². The number of halogens is 3. The number of fused-ring (bicyclic) bond motifs is 3. The van der Waals surface area contributed by atoms with Crippen LogP contribution in [0.2, 0.25) is 0 Å². The van der Waals surface area contributed by atoms with E-state index in [0.717, 1.165) is 34.1 Å². The summed E-state index contributed by atoms with van der Waals surface area (Å²) in [6.07, 6.45) is -7.24. The number of hydrogen-bond acceptors (Lipinski definition) is 10. The van der Waals surface area contributed by atoms with Crippen molar-refractivity contribution in [2.45, 2.75) is 67.0 Å². The molecule has 3 atom stereocenters. The number of alkyl halides is 3. The van der Waals surface area contributed by atoms with Crippen LogP contribution in [-0.2, 0) is 45.1 Å². The molecule has 1 aliphatic heterocycles. The number of hydrogen-bond donors (Lipinski definition) is 2. The van der Waals surface area contributed by atoms with Crippen molar-refractivity contribution in [2.75, 3.05) is 19.7 Å². The lowest BCUT2D eigenvalue weighted by molar-refractivity contribution is -0.384. The number of nitro benzene ring substituents is 1. The number of carbonyl (C=O) groups excluding carboxylic acids is 1. The van der Waals surface area contributed by atoms with Gasteiger partial charge in [-0.2, -0.15) is 25.9 Å². The maximum Gasteiger partial charge on any atom is 0.490 e. The highest BCUT2D eigenvalue weighted by Crippen LogP contribution is 2.40. The minimum Gasteiger partial charge on any atom is -0.481 e. The number of para-hydroxylation sites is 1. The second-order valence-electron chi connectivity index (χ2n) is 13.1. The molecule has 0 radical (unpaired) electrons. The Bertz CT molecular complexity index is 2260. The summed E-state index contributed by atoms with van der Waals surface area (Å²) in [4.78, 5) is 38.5. The number of nitrogens with zero attached hydrogens (tertiary/aromatic N) is 2. The largest absolute Gasteiger partial charge is 0.490 e. The lowest BCUT2D eigenvalue weighted by Gasteiger charge is -2.39. The first-order chi connectivity index (χ1) is 25.3. The number of aryl methyl sites for hydroxylation is 1. The van der Waals surface area contributed by atoms with Crippen molar-refractivity contribution >= 4 is 48.7 Å². The van der Waals surface area contributed by atoms with Crippen LogP contribution in [0.5, 0.6) is 0 Å². The molecule has 3 aromatic carbocycles. The molecule has 19 heteroatoms. The van der Waals surface area contributed by atoms with E-state index in [-0.39, 0.29) is 17.0 Å². The summed E-state index contributed by atoms with van der Waals surface area (Å²) in [6, 6.07) is 16.1. The molecule has 1 unspecified atom stereocenters. The van der Waals surface area contributed by atoms with Gasteiger partial charge in [0, 0.05) is 35.3 Å². The quantitative estimate of drug-likeness (QED) is 0.0843. The Morgan fingerprint density at radius 2 is 1.65 bits per heavy atom. The van der Waals surface area contributed by atoms with Gasteiger partial charge in [0.1, 0.15) is 5.60 Å². The number of carbonyl (C=O) groups is 2. The fourth-order valence-corrected chi connectivity index (χ4v) is 9.10. The first-order valence-corrected chi connectivity index (χ1v) is 19.4. The van der Waals surface area contributed by atoms with Crippen molar-refractivity contribution in [3.63, 3.8) is 0 Å². The number of non-ortho nitro benzene ring substituents is 1. The van der Waals surface area contributed by atoms with Crippen molar-refractivity contribution in [1.29, 1.82) is 0 Å². The predicted octanol–water partition coefficient (Wildman–Crippen LogP) is 5.86. The Morgan fingerprint density at radius 1 is 1.02 bits per heavy atom. The number of aromatic nitrogens is 1. The summed E-state index contributed by atoms with van der Waals surface area (Å²) in [5, 5.41) is 22.4. The number of nitrogens with one attached hydrogen (secondary N) is 1. The molecule has 1 aromatic heterocycles. The van der Waals surface area contributed by atoms with Crippen LogP contribution in [0.3, 0.4) is 0 Å². The van der Waals surface area contributed by atoms with Crippen molar-refractivity contribution in [3.05, 3.63) is 99.7 Å². The Hall–Kier alpha value is -4.85. The maximum atomic E-state index is 14.3. The molecule has 14 nitrogen and oxygen atoms in total. The van der Waals surface area contributed by atoms with E-state index in [1.807, 2.05) is 0 Å². The van der Waals surface area contributed by atoms with Crippen molar-refractivity contribution < 1.29 is 58.5 Å². The summed E-state index contributed by atoms with van der Waals surface area (Å²) in [6.45, 7) is 0.930. The first kappa shape index (κ1) is 40.3. The van der Waals surface area contributed by atoms with Gasteiger partial charge in [-0.3, -0.25) is 19.1 Å². The van der Waals surface area contributed by atoms with Gasteiger partial charge in [-0.25, -0.2) is 13.2 Å². The van der Waals surface area contributed by atoms with Gasteiger partial charge in [-0.05, 0) is 74.4 Å². The van der Waals surface area contributed by atoms with Gasteiger partial charge in [-0.1, -0.05) is 42.8 Å². The number of aliphatic carboxylic acids is 1. The maximum absolute atomic E-state index is 14.3. The standard InChI is InChI=1S/C35H36F3N3O11S2/c1-3-34(52-33(44)35(36,37)38)19-23(20-51-54(49,50)26-12-8-22(2)9-13-26)18-29(32(42)43)31-28(27-6-4-5-7-30(27)39-31)16-17-40(21-34)53(47,48)25-14-10-24(11-15-25)41(45)46/h4-15,23,29,39H,3,16-21H2,1-2H3,(H,42,43)/t23-,29?,34+/m1/s1. The lowest BCUT2D eigenvalue weighted by atomic mass is 9.82. The number of H-pyrrole nitrogens is 1. The number of aromatic amines is 1. The summed E-state index contributed by atoms with van der Waals surface area (Å²) in [7, 11) is -9.22. The highest BCUT2D eigenvalue weighted by molar-refractivity contribution is 7.89. The van der Waals surface area contributed by atoms with Gasteiger partial charge in [0.05, 0.1) is 33.8 Å². The molecule has 290 valence electrons. The van der Waals surface area contributed by atoms with E-state index < -0.39 is 110 Å². The van der Waals surface area contributed by atoms with Gasteiger partial charge in [-0.15, -0.1) is 0 Å². The zero-order valence-electron chi connectivity index (χ0n) is 28.9. The van der Waals surface area contributed by atoms with Gasteiger partial charge < -0.3 is 14.8 Å². The summed E-state index contributed by atoms with van der Waals surface area (Å²) in [5.74, 6) is -6.73. The van der Waals surface area contributed by atoms with E-state index >= 15 is 0 Å². The minimum absolute atomic E-state index is 0.152. The molecule has 54 heavy (non-hydrogen) atoms. The highest BCUT2D eigenvalue weighted by Gasteiger charge is 2.49. The first-order valence-electron chi connectivity index (χ1n) is 16.6. The number of nitro groups is 1. The molecule has 0 amide bonds. The third-order valence-electron chi connectivity index (χ3n) is 9.44. The fraction of sp³-hybridized carbons (Fsp3) is 0.371. The Morgan fingerprint density at radius 3 is 2.24 bits per heavy atom. The monoisotopic (exact) mass is 795 g/mol. The topological polar surface area (TPSA) is 203 Å². The second-order valence-corrected chi connectivity index (χ2v) is 16.6. The van der Waals surface area contributed by atoms with Gasteiger partial charge in [0.2, 0.25) is 10.0 Å². The van der Waals surface area contributed by atoms with E-state index in [0.29, 0.717) is 16.5 Å². The molecule has 0 fully saturated rings. The van der Waals surface area contributed by atoms with E-state index in [4.69, 9.17) is 8.92 Å². The highest BCUT2D eigenvalue weighted by atomic mass is 32.2. The molecule has 4 aromatic rings. The second kappa shape index (κ2) is 15.5. The predicted molar refractivity (Wildman–Crippen MR) is 186 cm³/mol. The third-order valence-corrected chi connectivity index (χ3v) is 12.6. The SMILES string of the molecule is CC[C@]1(OC(=O)C(F)(F)F)C[C@H](COS(=O)(=O)c2ccc(C)cc2)CC(C(=O)O)c2[nH]c3ccccc3c2CCN(S(=O)(=O)c2ccc([N+](=O)[O-])cc2)C1. The Labute approximate surface area is 308 Å². The van der Waals surface area contributed by atoms with Crippen LogP contribution in [0.1, 0.15) is 48.9 Å². The van der Waals surface area contributed by atoms with Gasteiger partial charge in [0.15, 0.2) is 0 Å². The van der Waals surface area contributed by atoms with Gasteiger partial charge >= 0.3 is 18.1 Å². The molecule has 2 N–H and O–H groups in total. The molecule has 0 spiro atoms. The molecular formula is C35H36F3N3O11S2.